The maximum absolute atomic E-state index is 12.5. The molecule has 9 heteroatoms. The summed E-state index contributed by atoms with van der Waals surface area (Å²) in [6.07, 6.45) is 1.48. The number of para-hydroxylation sites is 1. The molecule has 8 nitrogen and oxygen atoms in total. The second-order valence-corrected chi connectivity index (χ2v) is 8.13. The Morgan fingerprint density at radius 3 is 2.69 bits per heavy atom. The summed E-state index contributed by atoms with van der Waals surface area (Å²) in [7, 11) is 3.06. The third kappa shape index (κ3) is 5.28. The fourth-order valence-electron chi connectivity index (χ4n) is 3.39. The average molecular weight is 534 g/mol. The highest BCUT2D eigenvalue weighted by atomic mass is 79.9. The van der Waals surface area contributed by atoms with Crippen molar-refractivity contribution in [3.63, 3.8) is 0 Å². The Hall–Kier alpha value is -4.29. The van der Waals surface area contributed by atoms with E-state index in [0.29, 0.717) is 38.4 Å². The van der Waals surface area contributed by atoms with Crippen molar-refractivity contribution >= 4 is 39.0 Å². The zero-order chi connectivity index (χ0) is 24.8. The second-order valence-electron chi connectivity index (χ2n) is 7.28. The minimum Gasteiger partial charge on any atom is -0.493 e. The predicted octanol–water partition coefficient (Wildman–Crippen LogP) is 5.43. The molecule has 0 bridgehead atoms. The van der Waals surface area contributed by atoms with Crippen molar-refractivity contribution in [1.82, 2.24) is 5.43 Å². The molecule has 0 radical (unpaired) electrons. The van der Waals surface area contributed by atoms with E-state index in [0.717, 1.165) is 10.9 Å². The van der Waals surface area contributed by atoms with Crippen LogP contribution >= 0.6 is 15.9 Å². The Bertz CT molecular complexity index is 1460. The standard InChI is InChI=1S/C26H20BrN3O5/c1-32-21-9-5-8-17-12-23(35-24(17)21)26(31)30-29-14-16-10-20(27)25(22(11-16)33-2)34-15-19-7-4-3-6-18(19)13-28/h3-12,14H,15H2,1-2H3,(H,30,31)/b29-14-. The summed E-state index contributed by atoms with van der Waals surface area (Å²) in [5.74, 6) is 1.10. The summed E-state index contributed by atoms with van der Waals surface area (Å²) < 4.78 is 22.9. The first kappa shape index (κ1) is 23.9. The van der Waals surface area contributed by atoms with E-state index in [1.807, 2.05) is 24.3 Å². The quantitative estimate of drug-likeness (QED) is 0.239. The van der Waals surface area contributed by atoms with Crippen LogP contribution in [0, 0.1) is 11.3 Å². The van der Waals surface area contributed by atoms with Crippen LogP contribution in [0.4, 0.5) is 0 Å². The SMILES string of the molecule is COc1cc(/C=N\NC(=O)c2cc3cccc(OC)c3o2)cc(Br)c1OCc1ccccc1C#N. The third-order valence-corrected chi connectivity index (χ3v) is 5.68. The Morgan fingerprint density at radius 1 is 1.11 bits per heavy atom. The van der Waals surface area contributed by atoms with Gasteiger partial charge in [-0.3, -0.25) is 4.79 Å². The van der Waals surface area contributed by atoms with Crippen molar-refractivity contribution in [2.24, 2.45) is 5.10 Å². The van der Waals surface area contributed by atoms with Crippen LogP contribution in [0.15, 0.2) is 74.7 Å². The smallest absolute Gasteiger partial charge is 0.307 e. The number of ether oxygens (including phenoxy) is 3. The molecular formula is C26H20BrN3O5. The van der Waals surface area contributed by atoms with Crippen LogP contribution in [0.3, 0.4) is 0 Å². The number of hydrazone groups is 1. The van der Waals surface area contributed by atoms with Crippen LogP contribution in [0.1, 0.15) is 27.2 Å². The van der Waals surface area contributed by atoms with Crippen LogP contribution in [-0.4, -0.2) is 26.3 Å². The van der Waals surface area contributed by atoms with Crippen molar-refractivity contribution in [2.75, 3.05) is 14.2 Å². The lowest BCUT2D eigenvalue weighted by atomic mass is 10.1. The molecular weight excluding hydrogens is 514 g/mol. The number of benzene rings is 3. The molecule has 1 heterocycles. The predicted molar refractivity (Wildman–Crippen MR) is 134 cm³/mol. The first-order valence-electron chi connectivity index (χ1n) is 10.4. The molecule has 0 spiro atoms. The molecule has 0 saturated carbocycles. The molecule has 3 aromatic carbocycles. The van der Waals surface area contributed by atoms with Gasteiger partial charge in [0, 0.05) is 10.9 Å². The minimum absolute atomic E-state index is 0.113. The largest absolute Gasteiger partial charge is 0.493 e. The molecule has 0 aliphatic rings. The molecule has 0 saturated heterocycles. The summed E-state index contributed by atoms with van der Waals surface area (Å²) in [5.41, 5.74) is 4.91. The summed E-state index contributed by atoms with van der Waals surface area (Å²) in [6.45, 7) is 0.199. The second kappa shape index (κ2) is 10.8. The topological polar surface area (TPSA) is 106 Å². The van der Waals surface area contributed by atoms with Crippen molar-refractivity contribution in [3.8, 4) is 23.3 Å². The number of methoxy groups -OCH3 is 2. The molecule has 0 atom stereocenters. The molecule has 176 valence electrons. The van der Waals surface area contributed by atoms with E-state index in [-0.39, 0.29) is 12.4 Å². The van der Waals surface area contributed by atoms with E-state index in [9.17, 15) is 10.1 Å². The maximum atomic E-state index is 12.5. The first-order valence-corrected chi connectivity index (χ1v) is 11.2. The number of furan rings is 1. The van der Waals surface area contributed by atoms with Gasteiger partial charge in [-0.25, -0.2) is 5.43 Å². The van der Waals surface area contributed by atoms with Gasteiger partial charge in [0.1, 0.15) is 6.61 Å². The van der Waals surface area contributed by atoms with Crippen LogP contribution in [0.5, 0.6) is 17.2 Å². The van der Waals surface area contributed by atoms with Gasteiger partial charge in [-0.1, -0.05) is 30.3 Å². The molecule has 1 aromatic heterocycles. The normalized spacial score (nSPS) is 10.8. The molecule has 4 rings (SSSR count). The van der Waals surface area contributed by atoms with Crippen molar-refractivity contribution in [2.45, 2.75) is 6.61 Å². The van der Waals surface area contributed by atoms with Gasteiger partial charge in [0.05, 0.1) is 36.5 Å². The molecule has 0 aliphatic carbocycles. The van der Waals surface area contributed by atoms with Gasteiger partial charge in [0.15, 0.2) is 28.6 Å². The summed E-state index contributed by atoms with van der Waals surface area (Å²) >= 11 is 3.49. The Kier molecular flexibility index (Phi) is 7.33. The molecule has 0 fully saturated rings. The fraction of sp³-hybridized carbons (Fsp3) is 0.115. The fourth-order valence-corrected chi connectivity index (χ4v) is 3.96. The number of fused-ring (bicyclic) bond motifs is 1. The lowest BCUT2D eigenvalue weighted by Gasteiger charge is -2.14. The zero-order valence-electron chi connectivity index (χ0n) is 18.9. The van der Waals surface area contributed by atoms with Crippen LogP contribution < -0.4 is 19.6 Å². The zero-order valence-corrected chi connectivity index (χ0v) is 20.5. The highest BCUT2D eigenvalue weighted by Gasteiger charge is 2.15. The van der Waals surface area contributed by atoms with Crippen molar-refractivity contribution in [1.29, 1.82) is 5.26 Å². The van der Waals surface area contributed by atoms with Crippen LogP contribution in [-0.2, 0) is 6.61 Å². The van der Waals surface area contributed by atoms with E-state index in [4.69, 9.17) is 18.6 Å². The highest BCUT2D eigenvalue weighted by molar-refractivity contribution is 9.10. The van der Waals surface area contributed by atoms with Gasteiger partial charge in [0.25, 0.3) is 0 Å². The summed E-state index contributed by atoms with van der Waals surface area (Å²) in [4.78, 5) is 12.5. The third-order valence-electron chi connectivity index (χ3n) is 5.09. The Labute approximate surface area is 209 Å². The van der Waals surface area contributed by atoms with E-state index in [1.54, 1.807) is 36.4 Å². The van der Waals surface area contributed by atoms with Crippen LogP contribution in [0.25, 0.3) is 11.0 Å². The molecule has 1 amide bonds. The molecule has 35 heavy (non-hydrogen) atoms. The minimum atomic E-state index is -0.498. The Morgan fingerprint density at radius 2 is 1.91 bits per heavy atom. The number of halogens is 1. The number of nitriles is 1. The number of rotatable bonds is 8. The highest BCUT2D eigenvalue weighted by Crippen LogP contribution is 2.37. The number of hydrogen-bond donors (Lipinski definition) is 1. The summed E-state index contributed by atoms with van der Waals surface area (Å²) in [6, 6.07) is 19.9. The van der Waals surface area contributed by atoms with Crippen molar-refractivity contribution < 1.29 is 23.4 Å². The number of hydrogen-bond acceptors (Lipinski definition) is 7. The lowest BCUT2D eigenvalue weighted by Crippen LogP contribution is -2.16. The van der Waals surface area contributed by atoms with Crippen molar-refractivity contribution in [3.05, 3.63) is 87.6 Å². The van der Waals surface area contributed by atoms with Gasteiger partial charge >= 0.3 is 5.91 Å². The first-order chi connectivity index (χ1) is 17.0. The van der Waals surface area contributed by atoms with Gasteiger partial charge < -0.3 is 18.6 Å². The van der Waals surface area contributed by atoms with E-state index in [2.05, 4.69) is 32.5 Å². The molecule has 0 aliphatic heterocycles. The van der Waals surface area contributed by atoms with Gasteiger partial charge in [-0.15, -0.1) is 0 Å². The number of carbonyl (C=O) groups is 1. The lowest BCUT2D eigenvalue weighted by molar-refractivity contribution is 0.0929. The number of nitrogens with zero attached hydrogens (tertiary/aromatic N) is 2. The van der Waals surface area contributed by atoms with Gasteiger partial charge in [-0.2, -0.15) is 10.4 Å². The average Bonchev–Trinajstić information content (AvgIpc) is 3.32. The molecule has 1 N–H and O–H groups in total. The van der Waals surface area contributed by atoms with E-state index >= 15 is 0 Å². The van der Waals surface area contributed by atoms with E-state index in [1.165, 1.54) is 20.4 Å². The summed E-state index contributed by atoms with van der Waals surface area (Å²) in [5, 5.41) is 14.0. The Balaban J connectivity index is 1.47. The number of nitrogens with one attached hydrogen (secondary N) is 1. The number of amides is 1. The molecule has 0 unspecified atom stereocenters. The monoisotopic (exact) mass is 533 g/mol. The number of carbonyl (C=O) groups excluding carboxylic acids is 1. The van der Waals surface area contributed by atoms with Crippen LogP contribution in [0.2, 0.25) is 0 Å². The molecule has 4 aromatic rings. The van der Waals surface area contributed by atoms with Gasteiger partial charge in [-0.05, 0) is 51.8 Å². The van der Waals surface area contributed by atoms with Gasteiger partial charge in [0.2, 0.25) is 0 Å². The maximum Gasteiger partial charge on any atom is 0.307 e. The van der Waals surface area contributed by atoms with E-state index < -0.39 is 5.91 Å².